The lowest BCUT2D eigenvalue weighted by Gasteiger charge is -2.34. The normalized spacial score (nSPS) is 15.1. The molecule has 0 aromatic heterocycles. The van der Waals surface area contributed by atoms with Crippen LogP contribution in [0.2, 0.25) is 5.02 Å². The molecular formula is C18H23ClN4O2. The highest BCUT2D eigenvalue weighted by atomic mass is 35.5. The molecule has 1 N–H and O–H groups in total. The van der Waals surface area contributed by atoms with Crippen molar-refractivity contribution in [2.45, 2.75) is 20.3 Å². The number of amides is 2. The van der Waals surface area contributed by atoms with Crippen LogP contribution in [-0.4, -0.2) is 54.3 Å². The van der Waals surface area contributed by atoms with Gasteiger partial charge in [0.15, 0.2) is 0 Å². The molecule has 25 heavy (non-hydrogen) atoms. The van der Waals surface area contributed by atoms with Gasteiger partial charge in [-0.1, -0.05) is 25.4 Å². The van der Waals surface area contributed by atoms with Crippen molar-refractivity contribution in [1.82, 2.24) is 9.80 Å². The van der Waals surface area contributed by atoms with Gasteiger partial charge in [-0.05, 0) is 24.1 Å². The van der Waals surface area contributed by atoms with Gasteiger partial charge in [0.25, 0.3) is 0 Å². The Hall–Kier alpha value is -2.10. The van der Waals surface area contributed by atoms with Gasteiger partial charge in [-0.3, -0.25) is 14.5 Å². The smallest absolute Gasteiger partial charge is 0.238 e. The Balaban J connectivity index is 1.80. The zero-order chi connectivity index (χ0) is 18.4. The number of piperazine rings is 1. The third-order valence-corrected chi connectivity index (χ3v) is 4.36. The van der Waals surface area contributed by atoms with Crippen LogP contribution in [0.15, 0.2) is 18.2 Å². The largest absolute Gasteiger partial charge is 0.340 e. The molecule has 0 atom stereocenters. The molecule has 0 unspecified atom stereocenters. The third-order valence-electron chi connectivity index (χ3n) is 4.05. The molecule has 1 aromatic carbocycles. The molecule has 1 aromatic rings. The number of rotatable bonds is 5. The van der Waals surface area contributed by atoms with Crippen molar-refractivity contribution in [3.05, 3.63) is 28.8 Å². The molecule has 1 aliphatic rings. The third kappa shape index (κ3) is 5.73. The van der Waals surface area contributed by atoms with Gasteiger partial charge in [0, 0.05) is 38.3 Å². The first-order valence-electron chi connectivity index (χ1n) is 8.38. The van der Waals surface area contributed by atoms with Gasteiger partial charge in [-0.2, -0.15) is 5.26 Å². The van der Waals surface area contributed by atoms with Crippen molar-refractivity contribution >= 4 is 29.1 Å². The van der Waals surface area contributed by atoms with E-state index in [1.165, 1.54) is 0 Å². The quantitative estimate of drug-likeness (QED) is 0.872. The van der Waals surface area contributed by atoms with Crippen LogP contribution in [0.25, 0.3) is 0 Å². The molecule has 134 valence electrons. The molecule has 0 radical (unpaired) electrons. The summed E-state index contributed by atoms with van der Waals surface area (Å²) in [5, 5.41) is 12.0. The maximum atomic E-state index is 12.2. The number of benzene rings is 1. The number of hydrogen-bond acceptors (Lipinski definition) is 4. The van der Waals surface area contributed by atoms with Gasteiger partial charge >= 0.3 is 0 Å². The zero-order valence-corrected chi connectivity index (χ0v) is 15.3. The second kappa shape index (κ2) is 8.84. The van der Waals surface area contributed by atoms with Crippen LogP contribution in [0.5, 0.6) is 0 Å². The van der Waals surface area contributed by atoms with E-state index in [4.69, 9.17) is 16.9 Å². The Bertz CT molecular complexity index is 676. The van der Waals surface area contributed by atoms with Gasteiger partial charge in [0.2, 0.25) is 11.8 Å². The van der Waals surface area contributed by atoms with Crippen LogP contribution < -0.4 is 5.32 Å². The lowest BCUT2D eigenvalue weighted by Crippen LogP contribution is -2.50. The van der Waals surface area contributed by atoms with E-state index in [0.29, 0.717) is 54.8 Å². The number of anilines is 1. The van der Waals surface area contributed by atoms with Crippen LogP contribution in [-0.2, 0) is 9.59 Å². The molecule has 0 saturated carbocycles. The fraction of sp³-hybridized carbons (Fsp3) is 0.500. The molecular weight excluding hydrogens is 340 g/mol. The molecule has 7 heteroatoms. The molecule has 1 fully saturated rings. The number of carbonyl (C=O) groups excluding carboxylic acids is 2. The standard InChI is InChI=1S/C18H23ClN4O2/c1-13(2)9-18(25)23-7-5-22(6-8-23)12-17(24)21-15-4-3-14(11-20)16(19)10-15/h3-4,10,13H,5-9,12H2,1-2H3,(H,21,24). The number of hydrogen-bond donors (Lipinski definition) is 1. The van der Waals surface area contributed by atoms with Crippen molar-refractivity contribution in [2.24, 2.45) is 5.92 Å². The fourth-order valence-electron chi connectivity index (χ4n) is 2.72. The number of nitrogens with one attached hydrogen (secondary N) is 1. The molecule has 0 spiro atoms. The minimum Gasteiger partial charge on any atom is -0.340 e. The van der Waals surface area contributed by atoms with Crippen molar-refractivity contribution in [1.29, 1.82) is 5.26 Å². The highest BCUT2D eigenvalue weighted by Gasteiger charge is 2.22. The first-order chi connectivity index (χ1) is 11.9. The molecule has 1 aliphatic heterocycles. The molecule has 1 saturated heterocycles. The summed E-state index contributed by atoms with van der Waals surface area (Å²) < 4.78 is 0. The van der Waals surface area contributed by atoms with Crippen molar-refractivity contribution < 1.29 is 9.59 Å². The molecule has 2 rings (SSSR count). The lowest BCUT2D eigenvalue weighted by atomic mass is 10.1. The summed E-state index contributed by atoms with van der Waals surface area (Å²) in [5.74, 6) is 0.407. The average molecular weight is 363 g/mol. The van der Waals surface area contributed by atoms with Crippen LogP contribution in [0.3, 0.4) is 0 Å². The topological polar surface area (TPSA) is 76.4 Å². The van der Waals surface area contributed by atoms with Gasteiger partial charge in [0.1, 0.15) is 6.07 Å². The highest BCUT2D eigenvalue weighted by Crippen LogP contribution is 2.20. The van der Waals surface area contributed by atoms with E-state index >= 15 is 0 Å². The zero-order valence-electron chi connectivity index (χ0n) is 14.6. The molecule has 1 heterocycles. The molecule has 0 aliphatic carbocycles. The summed E-state index contributed by atoms with van der Waals surface area (Å²) in [4.78, 5) is 28.1. The maximum absolute atomic E-state index is 12.2. The van der Waals surface area contributed by atoms with E-state index < -0.39 is 0 Å². The highest BCUT2D eigenvalue weighted by molar-refractivity contribution is 6.32. The van der Waals surface area contributed by atoms with E-state index in [9.17, 15) is 9.59 Å². The van der Waals surface area contributed by atoms with E-state index in [1.807, 2.05) is 29.7 Å². The Kier molecular flexibility index (Phi) is 6.80. The van der Waals surface area contributed by atoms with Gasteiger partial charge in [-0.15, -0.1) is 0 Å². The van der Waals surface area contributed by atoms with Crippen LogP contribution in [0, 0.1) is 17.2 Å². The Labute approximate surface area is 153 Å². The second-order valence-corrected chi connectivity index (χ2v) is 7.02. The van der Waals surface area contributed by atoms with E-state index in [-0.39, 0.29) is 18.4 Å². The first kappa shape index (κ1) is 19.2. The minimum atomic E-state index is -0.136. The summed E-state index contributed by atoms with van der Waals surface area (Å²) in [7, 11) is 0. The average Bonchev–Trinajstić information content (AvgIpc) is 2.55. The Morgan fingerprint density at radius 3 is 2.52 bits per heavy atom. The summed E-state index contributed by atoms with van der Waals surface area (Å²) in [6, 6.07) is 6.79. The van der Waals surface area contributed by atoms with E-state index in [1.54, 1.807) is 18.2 Å². The molecule has 2 amide bonds. The SMILES string of the molecule is CC(C)CC(=O)N1CCN(CC(=O)Nc2ccc(C#N)c(Cl)c2)CC1. The Morgan fingerprint density at radius 2 is 1.96 bits per heavy atom. The first-order valence-corrected chi connectivity index (χ1v) is 8.76. The molecule has 6 nitrogen and oxygen atoms in total. The summed E-state index contributed by atoms with van der Waals surface area (Å²) in [6.45, 7) is 7.02. The summed E-state index contributed by atoms with van der Waals surface area (Å²) in [5.41, 5.74) is 0.946. The van der Waals surface area contributed by atoms with Gasteiger partial charge in [-0.25, -0.2) is 0 Å². The monoisotopic (exact) mass is 362 g/mol. The number of nitrogens with zero attached hydrogens (tertiary/aromatic N) is 3. The van der Waals surface area contributed by atoms with E-state index in [2.05, 4.69) is 5.32 Å². The van der Waals surface area contributed by atoms with Crippen LogP contribution >= 0.6 is 11.6 Å². The fourth-order valence-corrected chi connectivity index (χ4v) is 2.94. The van der Waals surface area contributed by atoms with Crippen molar-refractivity contribution in [3.8, 4) is 6.07 Å². The number of halogens is 1. The van der Waals surface area contributed by atoms with Crippen molar-refractivity contribution in [3.63, 3.8) is 0 Å². The molecule has 0 bridgehead atoms. The predicted molar refractivity (Wildman–Crippen MR) is 97.3 cm³/mol. The summed E-state index contributed by atoms with van der Waals surface area (Å²) >= 11 is 5.96. The van der Waals surface area contributed by atoms with Crippen LogP contribution in [0.4, 0.5) is 5.69 Å². The number of nitriles is 1. The Morgan fingerprint density at radius 1 is 1.28 bits per heavy atom. The summed E-state index contributed by atoms with van der Waals surface area (Å²) in [6.07, 6.45) is 0.569. The van der Waals surface area contributed by atoms with E-state index in [0.717, 1.165) is 0 Å². The maximum Gasteiger partial charge on any atom is 0.238 e. The second-order valence-electron chi connectivity index (χ2n) is 6.61. The predicted octanol–water partition coefficient (Wildman–Crippen LogP) is 2.34. The van der Waals surface area contributed by atoms with Gasteiger partial charge in [0.05, 0.1) is 17.1 Å². The van der Waals surface area contributed by atoms with Crippen molar-refractivity contribution in [2.75, 3.05) is 38.0 Å². The van der Waals surface area contributed by atoms with Crippen LogP contribution in [0.1, 0.15) is 25.8 Å². The number of carbonyl (C=O) groups is 2. The minimum absolute atomic E-state index is 0.136. The lowest BCUT2D eigenvalue weighted by molar-refractivity contribution is -0.133. The van der Waals surface area contributed by atoms with Gasteiger partial charge < -0.3 is 10.2 Å².